The average Bonchev–Trinajstić information content (AvgIpc) is 2.62. The first-order valence-corrected chi connectivity index (χ1v) is 8.28. The van der Waals surface area contributed by atoms with E-state index >= 15 is 0 Å². The molecule has 2 N–H and O–H groups in total. The second-order valence-electron chi connectivity index (χ2n) is 5.48. The molecule has 1 heterocycles. The van der Waals surface area contributed by atoms with Crippen molar-refractivity contribution < 1.29 is 0 Å². The van der Waals surface area contributed by atoms with Gasteiger partial charge in [-0.1, -0.05) is 44.0 Å². The van der Waals surface area contributed by atoms with Gasteiger partial charge in [-0.2, -0.15) is 0 Å². The summed E-state index contributed by atoms with van der Waals surface area (Å²) >= 11 is 0. The van der Waals surface area contributed by atoms with Crippen LogP contribution in [-0.2, 0) is 6.54 Å². The van der Waals surface area contributed by atoms with E-state index < -0.39 is 0 Å². The average molecular weight is 438 g/mol. The van der Waals surface area contributed by atoms with Crippen molar-refractivity contribution in [1.82, 2.24) is 15.6 Å². The van der Waals surface area contributed by atoms with Crippen molar-refractivity contribution in [3.63, 3.8) is 0 Å². The Morgan fingerprint density at radius 2 is 1.96 bits per heavy atom. The highest BCUT2D eigenvalue weighted by Crippen LogP contribution is 2.17. The maximum Gasteiger partial charge on any atom is 0.191 e. The molecular formula is C19H27IN4. The first-order chi connectivity index (χ1) is 11.3. The summed E-state index contributed by atoms with van der Waals surface area (Å²) in [5, 5.41) is 6.71. The molecular weight excluding hydrogens is 411 g/mol. The number of hydrogen-bond acceptors (Lipinski definition) is 2. The third-order valence-electron chi connectivity index (χ3n) is 3.64. The number of nitrogens with zero attached hydrogens (tertiary/aromatic N) is 2. The van der Waals surface area contributed by atoms with Crippen molar-refractivity contribution in [1.29, 1.82) is 0 Å². The monoisotopic (exact) mass is 438 g/mol. The van der Waals surface area contributed by atoms with Crippen LogP contribution >= 0.6 is 24.0 Å². The molecule has 0 aliphatic heterocycles. The van der Waals surface area contributed by atoms with Crippen molar-refractivity contribution in [2.45, 2.75) is 32.7 Å². The molecule has 4 nitrogen and oxygen atoms in total. The zero-order valence-corrected chi connectivity index (χ0v) is 16.8. The lowest BCUT2D eigenvalue weighted by atomic mass is 10.1. The minimum absolute atomic E-state index is 0. The minimum Gasteiger partial charge on any atom is -0.356 e. The Kier molecular flexibility index (Phi) is 10.1. The van der Waals surface area contributed by atoms with Crippen LogP contribution in [0.15, 0.2) is 53.7 Å². The summed E-state index contributed by atoms with van der Waals surface area (Å²) in [6.45, 7) is 3.91. The highest BCUT2D eigenvalue weighted by atomic mass is 127. The van der Waals surface area contributed by atoms with Crippen molar-refractivity contribution in [3.8, 4) is 11.3 Å². The fraction of sp³-hybridized carbons (Fsp3) is 0.368. The lowest BCUT2D eigenvalue weighted by Gasteiger charge is -2.12. The van der Waals surface area contributed by atoms with Crippen LogP contribution in [0.25, 0.3) is 11.3 Å². The number of nitrogens with one attached hydrogen (secondary N) is 2. The van der Waals surface area contributed by atoms with Crippen molar-refractivity contribution in [2.75, 3.05) is 13.6 Å². The zero-order valence-electron chi connectivity index (χ0n) is 14.5. The molecule has 0 fully saturated rings. The second kappa shape index (κ2) is 11.8. The number of halogens is 1. The van der Waals surface area contributed by atoms with Gasteiger partial charge in [-0.3, -0.25) is 9.98 Å². The number of benzene rings is 1. The summed E-state index contributed by atoms with van der Waals surface area (Å²) in [6.07, 6.45) is 5.47. The molecule has 1 aromatic heterocycles. The van der Waals surface area contributed by atoms with Gasteiger partial charge in [0, 0.05) is 31.9 Å². The molecule has 0 aliphatic carbocycles. The van der Waals surface area contributed by atoms with Crippen LogP contribution in [0.3, 0.4) is 0 Å². The van der Waals surface area contributed by atoms with Gasteiger partial charge in [0.1, 0.15) is 0 Å². The summed E-state index contributed by atoms with van der Waals surface area (Å²) in [4.78, 5) is 8.67. The molecule has 24 heavy (non-hydrogen) atoms. The number of unbranched alkanes of at least 4 members (excludes halogenated alkanes) is 2. The number of aromatic nitrogens is 1. The SMILES string of the molecule is CCCCCNC(=NC)NCc1cccc(-c2ccccn2)c1.I. The summed E-state index contributed by atoms with van der Waals surface area (Å²) in [5.41, 5.74) is 3.34. The molecule has 0 atom stereocenters. The van der Waals surface area contributed by atoms with Gasteiger partial charge < -0.3 is 10.6 Å². The van der Waals surface area contributed by atoms with Gasteiger partial charge >= 0.3 is 0 Å². The van der Waals surface area contributed by atoms with Gasteiger partial charge in [-0.25, -0.2) is 0 Å². The largest absolute Gasteiger partial charge is 0.356 e. The topological polar surface area (TPSA) is 49.3 Å². The highest BCUT2D eigenvalue weighted by molar-refractivity contribution is 14.0. The van der Waals surface area contributed by atoms with E-state index in [2.05, 4.69) is 51.8 Å². The number of guanidine groups is 1. The first-order valence-electron chi connectivity index (χ1n) is 8.28. The van der Waals surface area contributed by atoms with Crippen molar-refractivity contribution in [3.05, 3.63) is 54.2 Å². The Morgan fingerprint density at radius 1 is 1.08 bits per heavy atom. The van der Waals surface area contributed by atoms with E-state index in [4.69, 9.17) is 0 Å². The molecule has 0 spiro atoms. The van der Waals surface area contributed by atoms with E-state index in [1.807, 2.05) is 24.4 Å². The van der Waals surface area contributed by atoms with Gasteiger partial charge in [0.25, 0.3) is 0 Å². The van der Waals surface area contributed by atoms with E-state index in [-0.39, 0.29) is 24.0 Å². The van der Waals surface area contributed by atoms with Gasteiger partial charge in [-0.05, 0) is 30.2 Å². The van der Waals surface area contributed by atoms with Crippen molar-refractivity contribution in [2.24, 2.45) is 4.99 Å². The van der Waals surface area contributed by atoms with Crippen molar-refractivity contribution >= 4 is 29.9 Å². The number of pyridine rings is 1. The van der Waals surface area contributed by atoms with E-state index in [0.29, 0.717) is 0 Å². The molecule has 2 rings (SSSR count). The lowest BCUT2D eigenvalue weighted by molar-refractivity contribution is 0.683. The maximum atomic E-state index is 4.40. The van der Waals surface area contributed by atoms with Crippen LogP contribution < -0.4 is 10.6 Å². The summed E-state index contributed by atoms with van der Waals surface area (Å²) in [6, 6.07) is 14.4. The second-order valence-corrected chi connectivity index (χ2v) is 5.48. The predicted octanol–water partition coefficient (Wildman–Crippen LogP) is 4.22. The Morgan fingerprint density at radius 3 is 2.67 bits per heavy atom. The first kappa shape index (κ1) is 20.4. The van der Waals surface area contributed by atoms with Gasteiger partial charge in [0.2, 0.25) is 0 Å². The molecule has 0 amide bonds. The quantitative estimate of drug-likeness (QED) is 0.295. The number of hydrogen-bond donors (Lipinski definition) is 2. The van der Waals surface area contributed by atoms with Crippen LogP contribution in [0.2, 0.25) is 0 Å². The summed E-state index contributed by atoms with van der Waals surface area (Å²) < 4.78 is 0. The minimum atomic E-state index is 0. The fourth-order valence-electron chi connectivity index (χ4n) is 2.36. The number of rotatable bonds is 7. The molecule has 0 radical (unpaired) electrons. The third kappa shape index (κ3) is 6.86. The lowest BCUT2D eigenvalue weighted by Crippen LogP contribution is -2.37. The highest BCUT2D eigenvalue weighted by Gasteiger charge is 2.01. The van der Waals surface area contributed by atoms with Crippen LogP contribution in [0.1, 0.15) is 31.7 Å². The molecule has 130 valence electrons. The maximum absolute atomic E-state index is 4.40. The molecule has 1 aromatic carbocycles. The Balaban J connectivity index is 0.00000288. The summed E-state index contributed by atoms with van der Waals surface area (Å²) in [7, 11) is 1.81. The smallest absolute Gasteiger partial charge is 0.191 e. The predicted molar refractivity (Wildman–Crippen MR) is 113 cm³/mol. The Labute approximate surface area is 162 Å². The van der Waals surface area contributed by atoms with Gasteiger partial charge in [0.05, 0.1) is 5.69 Å². The van der Waals surface area contributed by atoms with Gasteiger partial charge in [-0.15, -0.1) is 24.0 Å². The molecule has 0 saturated carbocycles. The molecule has 2 aromatic rings. The van der Waals surface area contributed by atoms with Crippen LogP contribution in [0, 0.1) is 0 Å². The van der Waals surface area contributed by atoms with E-state index in [1.165, 1.54) is 24.8 Å². The van der Waals surface area contributed by atoms with Crippen LogP contribution in [-0.4, -0.2) is 24.5 Å². The van der Waals surface area contributed by atoms with E-state index in [0.717, 1.165) is 30.3 Å². The number of aliphatic imine (C=N–C) groups is 1. The molecule has 0 saturated heterocycles. The van der Waals surface area contributed by atoms with Gasteiger partial charge in [0.15, 0.2) is 5.96 Å². The molecule has 5 heteroatoms. The normalized spacial score (nSPS) is 10.8. The molecule has 0 unspecified atom stereocenters. The van der Waals surface area contributed by atoms with Crippen LogP contribution in [0.5, 0.6) is 0 Å². The third-order valence-corrected chi connectivity index (χ3v) is 3.64. The Bertz CT molecular complexity index is 614. The van der Waals surface area contributed by atoms with Crippen LogP contribution in [0.4, 0.5) is 0 Å². The zero-order chi connectivity index (χ0) is 16.3. The van der Waals surface area contributed by atoms with E-state index in [1.54, 1.807) is 7.05 Å². The fourth-order valence-corrected chi connectivity index (χ4v) is 2.36. The standard InChI is InChI=1S/C19H26N4.HI/c1-3-4-6-13-22-19(20-2)23-15-16-9-8-10-17(14-16)18-11-5-7-12-21-18;/h5,7-12,14H,3-4,6,13,15H2,1-2H3,(H2,20,22,23);1H. The van der Waals surface area contributed by atoms with E-state index in [9.17, 15) is 0 Å². The molecule has 0 aliphatic rings. The Hall–Kier alpha value is -1.63. The molecule has 0 bridgehead atoms. The summed E-state index contributed by atoms with van der Waals surface area (Å²) in [5.74, 6) is 0.851.